The van der Waals surface area contributed by atoms with Gasteiger partial charge < -0.3 is 9.52 Å². The molecule has 1 heterocycles. The molecule has 88 valence electrons. The fourth-order valence-corrected chi connectivity index (χ4v) is 2.90. The van der Waals surface area contributed by atoms with Gasteiger partial charge in [0.15, 0.2) is 0 Å². The first-order chi connectivity index (χ1) is 8.01. The predicted molar refractivity (Wildman–Crippen MR) is 63.9 cm³/mol. The van der Waals surface area contributed by atoms with Crippen molar-refractivity contribution < 1.29 is 14.3 Å². The van der Waals surface area contributed by atoms with Gasteiger partial charge >= 0.3 is 5.97 Å². The van der Waals surface area contributed by atoms with Crippen molar-refractivity contribution in [2.75, 3.05) is 0 Å². The minimum Gasteiger partial charge on any atom is -0.481 e. The van der Waals surface area contributed by atoms with Gasteiger partial charge in [0, 0.05) is 11.3 Å². The van der Waals surface area contributed by atoms with Crippen LogP contribution in [0.2, 0.25) is 0 Å². The lowest BCUT2D eigenvalue weighted by molar-refractivity contribution is -0.139. The molecule has 0 spiro atoms. The highest BCUT2D eigenvalue weighted by Gasteiger charge is 2.62. The molecule has 3 heteroatoms. The van der Waals surface area contributed by atoms with E-state index in [-0.39, 0.29) is 17.3 Å². The second-order valence-electron chi connectivity index (χ2n) is 5.33. The Bertz CT molecular complexity index is 594. The molecule has 1 saturated carbocycles. The Hall–Kier alpha value is -1.77. The minimum atomic E-state index is -0.702. The van der Waals surface area contributed by atoms with E-state index in [9.17, 15) is 9.90 Å². The Morgan fingerprint density at radius 1 is 1.35 bits per heavy atom. The van der Waals surface area contributed by atoms with Gasteiger partial charge in [0.05, 0.1) is 12.2 Å². The van der Waals surface area contributed by atoms with Crippen LogP contribution in [-0.4, -0.2) is 11.1 Å². The standard InChI is InChI=1S/C14H14O3/c1-14(2)11(12(14)13(15)16)9-3-4-10-8(7-9)5-6-17-10/h3-7,11-12H,1-2H3,(H,15,16)/t11-,12+/m1/s1. The van der Waals surface area contributed by atoms with Crippen LogP contribution < -0.4 is 0 Å². The minimum absolute atomic E-state index is 0.110. The molecule has 1 aromatic heterocycles. The molecule has 0 radical (unpaired) electrons. The van der Waals surface area contributed by atoms with Gasteiger partial charge in [0.1, 0.15) is 5.58 Å². The van der Waals surface area contributed by atoms with Crippen LogP contribution in [-0.2, 0) is 4.79 Å². The third kappa shape index (κ3) is 1.38. The number of furan rings is 1. The summed E-state index contributed by atoms with van der Waals surface area (Å²) in [7, 11) is 0. The summed E-state index contributed by atoms with van der Waals surface area (Å²) in [5.41, 5.74) is 1.79. The van der Waals surface area contributed by atoms with Crippen LogP contribution >= 0.6 is 0 Å². The summed E-state index contributed by atoms with van der Waals surface area (Å²) in [6, 6.07) is 7.83. The van der Waals surface area contributed by atoms with Crippen molar-refractivity contribution in [1.29, 1.82) is 0 Å². The van der Waals surface area contributed by atoms with Gasteiger partial charge in [0.2, 0.25) is 0 Å². The summed E-state index contributed by atoms with van der Waals surface area (Å²) in [6.45, 7) is 4.02. The maximum absolute atomic E-state index is 11.2. The Morgan fingerprint density at radius 2 is 2.12 bits per heavy atom. The van der Waals surface area contributed by atoms with Gasteiger partial charge in [-0.3, -0.25) is 4.79 Å². The van der Waals surface area contributed by atoms with Crippen LogP contribution in [0.4, 0.5) is 0 Å². The van der Waals surface area contributed by atoms with Crippen molar-refractivity contribution in [3.63, 3.8) is 0 Å². The van der Waals surface area contributed by atoms with E-state index in [1.54, 1.807) is 6.26 Å². The normalized spacial score (nSPS) is 26.0. The first-order valence-electron chi connectivity index (χ1n) is 5.72. The molecule has 3 rings (SSSR count). The molecule has 17 heavy (non-hydrogen) atoms. The van der Waals surface area contributed by atoms with Crippen LogP contribution in [0.5, 0.6) is 0 Å². The summed E-state index contributed by atoms with van der Waals surface area (Å²) in [6.07, 6.45) is 1.65. The highest BCUT2D eigenvalue weighted by molar-refractivity contribution is 5.81. The Balaban J connectivity index is 2.02. The van der Waals surface area contributed by atoms with Crippen LogP contribution in [0.15, 0.2) is 34.9 Å². The number of aliphatic carboxylic acids is 1. The van der Waals surface area contributed by atoms with Gasteiger partial charge in [-0.25, -0.2) is 0 Å². The zero-order chi connectivity index (χ0) is 12.2. The average molecular weight is 230 g/mol. The predicted octanol–water partition coefficient (Wildman–Crippen LogP) is 3.26. The smallest absolute Gasteiger partial charge is 0.307 e. The summed E-state index contributed by atoms with van der Waals surface area (Å²) < 4.78 is 5.28. The third-order valence-electron chi connectivity index (χ3n) is 3.93. The highest BCUT2D eigenvalue weighted by atomic mass is 16.4. The van der Waals surface area contributed by atoms with Crippen LogP contribution in [0.25, 0.3) is 11.0 Å². The second kappa shape index (κ2) is 3.13. The quantitative estimate of drug-likeness (QED) is 0.861. The lowest BCUT2D eigenvalue weighted by Crippen LogP contribution is -2.03. The number of benzene rings is 1. The molecular weight excluding hydrogens is 216 g/mol. The monoisotopic (exact) mass is 230 g/mol. The largest absolute Gasteiger partial charge is 0.481 e. The van der Waals surface area contributed by atoms with Crippen molar-refractivity contribution in [2.45, 2.75) is 19.8 Å². The lowest BCUT2D eigenvalue weighted by Gasteiger charge is -2.02. The van der Waals surface area contributed by atoms with E-state index in [0.717, 1.165) is 16.5 Å². The van der Waals surface area contributed by atoms with Crippen LogP contribution in [0.3, 0.4) is 0 Å². The molecule has 2 atom stereocenters. The molecule has 1 aliphatic rings. The number of carbonyl (C=O) groups is 1. The van der Waals surface area contributed by atoms with Gasteiger partial charge in [-0.15, -0.1) is 0 Å². The molecule has 1 aromatic carbocycles. The number of carboxylic acids is 1. The summed E-state index contributed by atoms with van der Waals surface area (Å²) in [5.74, 6) is -0.863. The molecule has 0 bridgehead atoms. The van der Waals surface area contributed by atoms with Gasteiger partial charge in [-0.1, -0.05) is 19.9 Å². The molecule has 0 amide bonds. The zero-order valence-corrected chi connectivity index (χ0v) is 9.81. The average Bonchev–Trinajstić information content (AvgIpc) is 2.66. The van der Waals surface area contributed by atoms with Crippen molar-refractivity contribution in [1.82, 2.24) is 0 Å². The molecule has 0 unspecified atom stereocenters. The molecule has 1 aliphatic carbocycles. The molecule has 2 aromatic rings. The van der Waals surface area contributed by atoms with E-state index < -0.39 is 5.97 Å². The first-order valence-corrected chi connectivity index (χ1v) is 5.72. The fourth-order valence-electron chi connectivity index (χ4n) is 2.90. The number of hydrogen-bond acceptors (Lipinski definition) is 2. The highest BCUT2D eigenvalue weighted by Crippen LogP contribution is 2.64. The van der Waals surface area contributed by atoms with E-state index in [4.69, 9.17) is 4.42 Å². The number of rotatable bonds is 2. The SMILES string of the molecule is CC1(C)[C@H](C(=O)O)[C@H]1c1ccc2occc2c1. The lowest BCUT2D eigenvalue weighted by atomic mass is 10.0. The van der Waals surface area contributed by atoms with Gasteiger partial charge in [-0.05, 0) is 29.2 Å². The van der Waals surface area contributed by atoms with E-state index in [2.05, 4.69) is 0 Å². The van der Waals surface area contributed by atoms with Crippen LogP contribution in [0, 0.1) is 11.3 Å². The topological polar surface area (TPSA) is 50.4 Å². The van der Waals surface area contributed by atoms with Crippen molar-refractivity contribution in [3.8, 4) is 0 Å². The van der Waals surface area contributed by atoms with Crippen molar-refractivity contribution in [2.24, 2.45) is 11.3 Å². The Morgan fingerprint density at radius 3 is 2.76 bits per heavy atom. The van der Waals surface area contributed by atoms with Crippen molar-refractivity contribution in [3.05, 3.63) is 36.1 Å². The van der Waals surface area contributed by atoms with E-state index in [1.165, 1.54) is 0 Å². The summed E-state index contributed by atoms with van der Waals surface area (Å²) in [4.78, 5) is 11.2. The maximum Gasteiger partial charge on any atom is 0.307 e. The van der Waals surface area contributed by atoms with E-state index >= 15 is 0 Å². The number of fused-ring (bicyclic) bond motifs is 1. The first kappa shape index (κ1) is 10.4. The third-order valence-corrected chi connectivity index (χ3v) is 3.93. The molecule has 3 nitrogen and oxygen atoms in total. The Kier molecular flexibility index (Phi) is 1.91. The molecule has 0 aliphatic heterocycles. The summed E-state index contributed by atoms with van der Waals surface area (Å²) in [5, 5.41) is 10.2. The van der Waals surface area contributed by atoms with Crippen LogP contribution in [0.1, 0.15) is 25.3 Å². The fraction of sp³-hybridized carbons (Fsp3) is 0.357. The maximum atomic E-state index is 11.2. The van der Waals surface area contributed by atoms with E-state index in [0.29, 0.717) is 0 Å². The number of hydrogen-bond donors (Lipinski definition) is 1. The molecule has 1 fully saturated rings. The Labute approximate surface area is 99.0 Å². The molecule has 1 N–H and O–H groups in total. The zero-order valence-electron chi connectivity index (χ0n) is 9.81. The molecule has 0 saturated heterocycles. The van der Waals surface area contributed by atoms with Gasteiger partial charge in [0.25, 0.3) is 0 Å². The number of carboxylic acid groups (broad SMARTS) is 1. The molecular formula is C14H14O3. The summed E-state index contributed by atoms with van der Waals surface area (Å²) >= 11 is 0. The second-order valence-corrected chi connectivity index (χ2v) is 5.33. The van der Waals surface area contributed by atoms with Crippen molar-refractivity contribution >= 4 is 16.9 Å². The van der Waals surface area contributed by atoms with Gasteiger partial charge in [-0.2, -0.15) is 0 Å². The van der Waals surface area contributed by atoms with E-state index in [1.807, 2.05) is 38.1 Å².